The zero-order chi connectivity index (χ0) is 14.0. The summed E-state index contributed by atoms with van der Waals surface area (Å²) in [6.45, 7) is 5.70. The smallest absolute Gasteiger partial charge is 0.337 e. The average molecular weight is 260 g/mol. The molecule has 1 heterocycles. The van der Waals surface area contributed by atoms with E-state index in [1.807, 2.05) is 26.8 Å². The van der Waals surface area contributed by atoms with Crippen LogP contribution < -0.4 is 4.74 Å². The van der Waals surface area contributed by atoms with E-state index in [-0.39, 0.29) is 11.7 Å². The Kier molecular flexibility index (Phi) is 3.55. The molecule has 2 aromatic rings. The van der Waals surface area contributed by atoms with Gasteiger partial charge in [0.15, 0.2) is 5.75 Å². The molecule has 0 atom stereocenters. The molecule has 2 rings (SSSR count). The lowest BCUT2D eigenvalue weighted by Gasteiger charge is -2.09. The lowest BCUT2D eigenvalue weighted by atomic mass is 10.1. The highest BCUT2D eigenvalue weighted by Crippen LogP contribution is 2.21. The maximum absolute atomic E-state index is 11.3. The second-order valence-corrected chi connectivity index (χ2v) is 4.56. The van der Waals surface area contributed by atoms with E-state index in [1.165, 1.54) is 4.68 Å². The quantitative estimate of drug-likeness (QED) is 0.917. The number of carbonyl (C=O) groups is 1. The van der Waals surface area contributed by atoms with Crippen molar-refractivity contribution in [3.05, 3.63) is 41.7 Å². The van der Waals surface area contributed by atoms with Gasteiger partial charge >= 0.3 is 5.97 Å². The van der Waals surface area contributed by atoms with Crippen molar-refractivity contribution in [3.8, 4) is 11.4 Å². The van der Waals surface area contributed by atoms with Gasteiger partial charge in [0, 0.05) is 0 Å². The van der Waals surface area contributed by atoms with E-state index in [0.717, 1.165) is 5.56 Å². The summed E-state index contributed by atoms with van der Waals surface area (Å²) in [4.78, 5) is 11.3. The molecule has 5 nitrogen and oxygen atoms in total. The largest absolute Gasteiger partial charge is 0.488 e. The number of ether oxygens (including phenoxy) is 1. The van der Waals surface area contributed by atoms with Crippen molar-refractivity contribution < 1.29 is 14.6 Å². The molecular weight excluding hydrogens is 244 g/mol. The number of aromatic nitrogens is 2. The molecule has 0 radical (unpaired) electrons. The Morgan fingerprint density at radius 3 is 2.79 bits per heavy atom. The van der Waals surface area contributed by atoms with Crippen LogP contribution in [-0.4, -0.2) is 27.0 Å². The van der Waals surface area contributed by atoms with Gasteiger partial charge < -0.3 is 9.84 Å². The van der Waals surface area contributed by atoms with Crippen LogP contribution in [0.5, 0.6) is 5.75 Å². The Labute approximate surface area is 111 Å². The zero-order valence-electron chi connectivity index (χ0n) is 11.1. The van der Waals surface area contributed by atoms with Crippen molar-refractivity contribution in [1.82, 2.24) is 9.78 Å². The first-order valence-corrected chi connectivity index (χ1v) is 6.03. The highest BCUT2D eigenvalue weighted by Gasteiger charge is 2.15. The third-order valence-corrected chi connectivity index (χ3v) is 2.63. The molecule has 0 spiro atoms. The van der Waals surface area contributed by atoms with Gasteiger partial charge in [-0.15, -0.1) is 0 Å². The molecule has 0 bridgehead atoms. The molecule has 5 heteroatoms. The minimum absolute atomic E-state index is 0.0495. The number of hydrogen-bond acceptors (Lipinski definition) is 3. The number of rotatable bonds is 4. The second-order valence-electron chi connectivity index (χ2n) is 4.56. The normalized spacial score (nSPS) is 10.7. The van der Waals surface area contributed by atoms with Crippen LogP contribution >= 0.6 is 0 Å². The van der Waals surface area contributed by atoms with Gasteiger partial charge in [-0.25, -0.2) is 9.48 Å². The minimum atomic E-state index is -0.972. The number of nitrogens with zero attached hydrogens (tertiary/aromatic N) is 2. The predicted molar refractivity (Wildman–Crippen MR) is 71.0 cm³/mol. The lowest BCUT2D eigenvalue weighted by Crippen LogP contribution is -2.08. The van der Waals surface area contributed by atoms with Crippen molar-refractivity contribution in [1.29, 1.82) is 0 Å². The van der Waals surface area contributed by atoms with Gasteiger partial charge in [0.1, 0.15) is 0 Å². The van der Waals surface area contributed by atoms with E-state index in [1.54, 1.807) is 24.5 Å². The van der Waals surface area contributed by atoms with Crippen molar-refractivity contribution in [2.24, 2.45) is 0 Å². The molecule has 0 saturated heterocycles. The van der Waals surface area contributed by atoms with E-state index in [0.29, 0.717) is 11.4 Å². The predicted octanol–water partition coefficient (Wildman–Crippen LogP) is 2.67. The molecule has 0 aliphatic rings. The highest BCUT2D eigenvalue weighted by molar-refractivity contribution is 5.92. The third-order valence-electron chi connectivity index (χ3n) is 2.63. The summed E-state index contributed by atoms with van der Waals surface area (Å²) in [7, 11) is 0. The van der Waals surface area contributed by atoms with E-state index in [4.69, 9.17) is 4.74 Å². The molecular formula is C14H16N2O3. The number of carboxylic acids is 1. The Morgan fingerprint density at radius 1 is 1.42 bits per heavy atom. The summed E-state index contributed by atoms with van der Waals surface area (Å²) >= 11 is 0. The van der Waals surface area contributed by atoms with Gasteiger partial charge in [-0.05, 0) is 32.4 Å². The van der Waals surface area contributed by atoms with Crippen molar-refractivity contribution in [2.45, 2.75) is 26.9 Å². The lowest BCUT2D eigenvalue weighted by molar-refractivity contribution is 0.0696. The van der Waals surface area contributed by atoms with Crippen molar-refractivity contribution in [2.75, 3.05) is 0 Å². The number of aryl methyl sites for hydroxylation is 1. The van der Waals surface area contributed by atoms with E-state index >= 15 is 0 Å². The number of para-hydroxylation sites is 1. The summed E-state index contributed by atoms with van der Waals surface area (Å²) in [6.07, 6.45) is 3.32. The fourth-order valence-electron chi connectivity index (χ4n) is 1.90. The fourth-order valence-corrected chi connectivity index (χ4v) is 1.90. The van der Waals surface area contributed by atoms with Gasteiger partial charge in [-0.3, -0.25) is 0 Å². The number of aromatic carboxylic acids is 1. The standard InChI is InChI=1S/C14H16N2O3/c1-9(2)19-11-7-15-16(8-11)13-10(3)5-4-6-12(13)14(17)18/h4-9H,1-3H3,(H,17,18). The van der Waals surface area contributed by atoms with E-state index in [9.17, 15) is 9.90 Å². The molecule has 1 aromatic heterocycles. The van der Waals surface area contributed by atoms with Crippen molar-refractivity contribution in [3.63, 3.8) is 0 Å². The third kappa shape index (κ3) is 2.76. The molecule has 1 N–H and O–H groups in total. The zero-order valence-corrected chi connectivity index (χ0v) is 11.1. The van der Waals surface area contributed by atoms with Gasteiger partial charge in [-0.2, -0.15) is 5.10 Å². The molecule has 1 aromatic carbocycles. The maximum atomic E-state index is 11.3. The molecule has 0 fully saturated rings. The summed E-state index contributed by atoms with van der Waals surface area (Å²) < 4.78 is 7.06. The topological polar surface area (TPSA) is 64.3 Å². The summed E-state index contributed by atoms with van der Waals surface area (Å²) in [5.74, 6) is -0.352. The fraction of sp³-hybridized carbons (Fsp3) is 0.286. The average Bonchev–Trinajstić information content (AvgIpc) is 2.75. The summed E-state index contributed by atoms with van der Waals surface area (Å²) in [6, 6.07) is 5.14. The first-order valence-electron chi connectivity index (χ1n) is 6.03. The molecule has 0 amide bonds. The Hall–Kier alpha value is -2.30. The van der Waals surface area contributed by atoms with Crippen LogP contribution in [0.4, 0.5) is 0 Å². The number of hydrogen-bond donors (Lipinski definition) is 1. The number of carboxylic acid groups (broad SMARTS) is 1. The molecule has 0 aliphatic heterocycles. The Bertz CT molecular complexity index is 602. The molecule has 0 unspecified atom stereocenters. The van der Waals surface area contributed by atoms with Crippen LogP contribution in [0.25, 0.3) is 5.69 Å². The maximum Gasteiger partial charge on any atom is 0.337 e. The van der Waals surface area contributed by atoms with Crippen LogP contribution in [0.15, 0.2) is 30.6 Å². The van der Waals surface area contributed by atoms with Gasteiger partial charge in [-0.1, -0.05) is 12.1 Å². The van der Waals surface area contributed by atoms with Gasteiger partial charge in [0.2, 0.25) is 0 Å². The Balaban J connectivity index is 2.46. The Morgan fingerprint density at radius 2 is 2.16 bits per heavy atom. The molecule has 100 valence electrons. The van der Waals surface area contributed by atoms with E-state index in [2.05, 4.69) is 5.10 Å². The molecule has 0 saturated carbocycles. The van der Waals surface area contributed by atoms with Crippen LogP contribution in [0.3, 0.4) is 0 Å². The van der Waals surface area contributed by atoms with Crippen LogP contribution in [0, 0.1) is 6.92 Å². The van der Waals surface area contributed by atoms with Gasteiger partial charge in [0.05, 0.1) is 29.7 Å². The summed E-state index contributed by atoms with van der Waals surface area (Å²) in [5, 5.41) is 13.4. The summed E-state index contributed by atoms with van der Waals surface area (Å²) in [5.41, 5.74) is 1.63. The first kappa shape index (κ1) is 13.1. The van der Waals surface area contributed by atoms with E-state index < -0.39 is 5.97 Å². The minimum Gasteiger partial charge on any atom is -0.488 e. The van der Waals surface area contributed by atoms with Gasteiger partial charge in [0.25, 0.3) is 0 Å². The highest BCUT2D eigenvalue weighted by atomic mass is 16.5. The first-order chi connectivity index (χ1) is 8.99. The monoisotopic (exact) mass is 260 g/mol. The SMILES string of the molecule is Cc1cccc(C(=O)O)c1-n1cc(OC(C)C)cn1. The van der Waals surface area contributed by atoms with Crippen LogP contribution in [0.1, 0.15) is 29.8 Å². The second kappa shape index (κ2) is 5.14. The van der Waals surface area contributed by atoms with Crippen LogP contribution in [-0.2, 0) is 0 Å². The molecule has 0 aliphatic carbocycles. The van der Waals surface area contributed by atoms with Crippen molar-refractivity contribution >= 4 is 5.97 Å². The number of benzene rings is 1. The molecule has 19 heavy (non-hydrogen) atoms. The van der Waals surface area contributed by atoms with Crippen LogP contribution in [0.2, 0.25) is 0 Å².